The van der Waals surface area contributed by atoms with Crippen molar-refractivity contribution in [2.45, 2.75) is 37.9 Å². The Labute approximate surface area is 122 Å². The Morgan fingerprint density at radius 1 is 1.58 bits per heavy atom. The predicted octanol–water partition coefficient (Wildman–Crippen LogP) is 2.69. The zero-order chi connectivity index (χ0) is 13.7. The normalized spacial score (nSPS) is 16.8. The number of amides is 1. The number of aromatic nitrogens is 1. The van der Waals surface area contributed by atoms with Crippen LogP contribution in [0.25, 0.3) is 0 Å². The molecular weight excluding hydrogens is 278 g/mol. The third-order valence-corrected chi connectivity index (χ3v) is 5.24. The van der Waals surface area contributed by atoms with Crippen molar-refractivity contribution >= 4 is 34.1 Å². The number of nitrogens with one attached hydrogen (secondary N) is 2. The molecule has 0 aromatic carbocycles. The number of rotatable bonds is 5. The number of thiazole rings is 1. The molecule has 1 saturated heterocycles. The number of hydrogen-bond donors (Lipinski definition) is 2. The first-order valence-electron chi connectivity index (χ1n) is 6.72. The van der Waals surface area contributed by atoms with Gasteiger partial charge in [-0.05, 0) is 31.8 Å². The summed E-state index contributed by atoms with van der Waals surface area (Å²) < 4.78 is 0. The molecule has 0 unspecified atom stereocenters. The van der Waals surface area contributed by atoms with Crippen LogP contribution in [0, 0.1) is 0 Å². The van der Waals surface area contributed by atoms with Gasteiger partial charge >= 0.3 is 0 Å². The summed E-state index contributed by atoms with van der Waals surface area (Å²) in [5.74, 6) is 1.00. The van der Waals surface area contributed by atoms with E-state index < -0.39 is 0 Å². The van der Waals surface area contributed by atoms with Crippen LogP contribution in [0.1, 0.15) is 38.3 Å². The molecule has 1 aromatic heterocycles. The highest BCUT2D eigenvalue weighted by Crippen LogP contribution is 2.23. The summed E-state index contributed by atoms with van der Waals surface area (Å²) in [5, 5.41) is 9.58. The van der Waals surface area contributed by atoms with Crippen molar-refractivity contribution in [1.82, 2.24) is 10.3 Å². The maximum Gasteiger partial charge on any atom is 0.236 e. The molecule has 19 heavy (non-hydrogen) atoms. The van der Waals surface area contributed by atoms with Gasteiger partial charge in [-0.2, -0.15) is 0 Å². The maximum atomic E-state index is 11.9. The number of carbonyl (C=O) groups is 1. The predicted molar refractivity (Wildman–Crippen MR) is 83.2 cm³/mol. The summed E-state index contributed by atoms with van der Waals surface area (Å²) in [6.07, 6.45) is 2.32. The molecule has 6 heteroatoms. The third-order valence-electron chi connectivity index (χ3n) is 3.10. The van der Waals surface area contributed by atoms with Gasteiger partial charge in [0.15, 0.2) is 5.13 Å². The van der Waals surface area contributed by atoms with Crippen LogP contribution in [-0.4, -0.2) is 35.0 Å². The molecular formula is C13H21N3OS2. The van der Waals surface area contributed by atoms with Crippen molar-refractivity contribution in [3.63, 3.8) is 0 Å². The first kappa shape index (κ1) is 14.8. The second-order valence-electron chi connectivity index (χ2n) is 5.04. The highest BCUT2D eigenvalue weighted by molar-refractivity contribution is 8.00. The number of hydrogen-bond acceptors (Lipinski definition) is 5. The van der Waals surface area contributed by atoms with Crippen LogP contribution in [0.3, 0.4) is 0 Å². The van der Waals surface area contributed by atoms with Crippen molar-refractivity contribution in [2.75, 3.05) is 24.2 Å². The molecule has 106 valence electrons. The highest BCUT2D eigenvalue weighted by Gasteiger charge is 2.15. The maximum absolute atomic E-state index is 11.9. The van der Waals surface area contributed by atoms with E-state index in [0.717, 1.165) is 36.8 Å². The number of carbonyl (C=O) groups excluding carboxylic acids is 1. The summed E-state index contributed by atoms with van der Waals surface area (Å²) in [6, 6.07) is 0. The van der Waals surface area contributed by atoms with Gasteiger partial charge in [0.1, 0.15) is 0 Å². The Hall–Kier alpha value is -0.590. The summed E-state index contributed by atoms with van der Waals surface area (Å²) in [7, 11) is 0. The second kappa shape index (κ2) is 7.26. The fraction of sp³-hybridized carbons (Fsp3) is 0.692. The minimum atomic E-state index is 0.0631. The van der Waals surface area contributed by atoms with E-state index in [0.29, 0.717) is 16.9 Å². The van der Waals surface area contributed by atoms with E-state index in [2.05, 4.69) is 29.5 Å². The fourth-order valence-corrected chi connectivity index (χ4v) is 3.84. The van der Waals surface area contributed by atoms with Crippen LogP contribution >= 0.6 is 23.1 Å². The van der Waals surface area contributed by atoms with Crippen molar-refractivity contribution in [3.05, 3.63) is 11.1 Å². The van der Waals surface area contributed by atoms with Gasteiger partial charge in [0, 0.05) is 10.6 Å². The number of piperidine rings is 1. The van der Waals surface area contributed by atoms with Gasteiger partial charge < -0.3 is 10.6 Å². The monoisotopic (exact) mass is 299 g/mol. The molecule has 1 aliphatic rings. The van der Waals surface area contributed by atoms with Crippen LogP contribution in [0.4, 0.5) is 5.13 Å². The lowest BCUT2D eigenvalue weighted by molar-refractivity contribution is -0.113. The van der Waals surface area contributed by atoms with Gasteiger partial charge in [-0.3, -0.25) is 4.79 Å². The van der Waals surface area contributed by atoms with E-state index in [9.17, 15) is 4.79 Å². The van der Waals surface area contributed by atoms with Gasteiger partial charge in [-0.1, -0.05) is 13.8 Å². The van der Waals surface area contributed by atoms with Gasteiger partial charge in [0.05, 0.1) is 11.4 Å². The number of nitrogens with zero attached hydrogens (tertiary/aromatic N) is 1. The van der Waals surface area contributed by atoms with Crippen LogP contribution < -0.4 is 10.6 Å². The highest BCUT2D eigenvalue weighted by atomic mass is 32.2. The lowest BCUT2D eigenvalue weighted by atomic mass is 10.2. The van der Waals surface area contributed by atoms with Crippen LogP contribution in [0.15, 0.2) is 5.38 Å². The van der Waals surface area contributed by atoms with E-state index in [1.54, 1.807) is 11.8 Å². The molecule has 4 nitrogen and oxygen atoms in total. The van der Waals surface area contributed by atoms with Gasteiger partial charge in [0.2, 0.25) is 5.91 Å². The standard InChI is InChI=1S/C13H21N3OS2/c1-9(2)11-7-19-13(15-11)16-12(17)8-18-10-3-5-14-6-4-10/h7,9-10,14H,3-6,8H2,1-2H3,(H,15,16,17). The molecule has 2 heterocycles. The molecule has 0 bridgehead atoms. The number of anilines is 1. The van der Waals surface area contributed by atoms with E-state index in [1.165, 1.54) is 11.3 Å². The first-order chi connectivity index (χ1) is 9.15. The lowest BCUT2D eigenvalue weighted by Crippen LogP contribution is -2.30. The molecule has 0 saturated carbocycles. The van der Waals surface area contributed by atoms with E-state index in [-0.39, 0.29) is 5.91 Å². The van der Waals surface area contributed by atoms with Crippen LogP contribution in [0.5, 0.6) is 0 Å². The molecule has 1 fully saturated rings. The minimum absolute atomic E-state index is 0.0631. The Balaban J connectivity index is 1.73. The number of thioether (sulfide) groups is 1. The topological polar surface area (TPSA) is 54.0 Å². The Morgan fingerprint density at radius 3 is 2.95 bits per heavy atom. The molecule has 2 N–H and O–H groups in total. The molecule has 2 rings (SSSR count). The molecule has 0 radical (unpaired) electrons. The zero-order valence-electron chi connectivity index (χ0n) is 11.4. The van der Waals surface area contributed by atoms with Gasteiger partial charge in [0.25, 0.3) is 0 Å². The van der Waals surface area contributed by atoms with Gasteiger partial charge in [-0.25, -0.2) is 4.98 Å². The molecule has 0 spiro atoms. The van der Waals surface area contributed by atoms with Crippen LogP contribution in [0.2, 0.25) is 0 Å². The molecule has 1 aliphatic heterocycles. The molecule has 0 aliphatic carbocycles. The first-order valence-corrected chi connectivity index (χ1v) is 8.65. The molecule has 1 amide bonds. The average molecular weight is 299 g/mol. The summed E-state index contributed by atoms with van der Waals surface area (Å²) in [4.78, 5) is 16.3. The van der Waals surface area contributed by atoms with Crippen molar-refractivity contribution in [2.24, 2.45) is 0 Å². The Bertz CT molecular complexity index is 414. The third kappa shape index (κ3) is 4.78. The SMILES string of the molecule is CC(C)c1csc(NC(=O)CSC2CCNCC2)n1. The molecule has 0 atom stereocenters. The van der Waals surface area contributed by atoms with E-state index in [1.807, 2.05) is 5.38 Å². The van der Waals surface area contributed by atoms with Crippen molar-refractivity contribution in [1.29, 1.82) is 0 Å². The zero-order valence-corrected chi connectivity index (χ0v) is 13.1. The Morgan fingerprint density at radius 2 is 2.32 bits per heavy atom. The minimum Gasteiger partial charge on any atom is -0.317 e. The Kier molecular flexibility index (Phi) is 5.66. The van der Waals surface area contributed by atoms with Crippen LogP contribution in [-0.2, 0) is 4.79 Å². The average Bonchev–Trinajstić information content (AvgIpc) is 2.86. The van der Waals surface area contributed by atoms with E-state index in [4.69, 9.17) is 0 Å². The summed E-state index contributed by atoms with van der Waals surface area (Å²) in [5.41, 5.74) is 1.05. The van der Waals surface area contributed by atoms with E-state index >= 15 is 0 Å². The van der Waals surface area contributed by atoms with Crippen molar-refractivity contribution < 1.29 is 4.79 Å². The van der Waals surface area contributed by atoms with Crippen molar-refractivity contribution in [3.8, 4) is 0 Å². The lowest BCUT2D eigenvalue weighted by Gasteiger charge is -2.21. The second-order valence-corrected chi connectivity index (χ2v) is 7.19. The van der Waals surface area contributed by atoms with Gasteiger partial charge in [-0.15, -0.1) is 23.1 Å². The largest absolute Gasteiger partial charge is 0.317 e. The smallest absolute Gasteiger partial charge is 0.236 e. The summed E-state index contributed by atoms with van der Waals surface area (Å²) in [6.45, 7) is 6.36. The fourth-order valence-electron chi connectivity index (χ4n) is 1.92. The summed E-state index contributed by atoms with van der Waals surface area (Å²) >= 11 is 3.27. The quantitative estimate of drug-likeness (QED) is 0.878. The molecule has 1 aromatic rings.